The number of nitrogens with one attached hydrogen (secondary N) is 1. The first-order valence-electron chi connectivity index (χ1n) is 7.47. The van der Waals surface area contributed by atoms with Gasteiger partial charge in [0.1, 0.15) is 18.0 Å². The quantitative estimate of drug-likeness (QED) is 0.907. The minimum absolute atomic E-state index is 0.317. The van der Waals surface area contributed by atoms with Crippen LogP contribution >= 0.6 is 23.2 Å². The number of benzene rings is 1. The zero-order chi connectivity index (χ0) is 16.2. The van der Waals surface area contributed by atoms with Crippen molar-refractivity contribution in [1.82, 2.24) is 9.97 Å². The zero-order valence-corrected chi connectivity index (χ0v) is 13.9. The number of nitrogens with zero attached hydrogens (tertiary/aromatic N) is 3. The van der Waals surface area contributed by atoms with Gasteiger partial charge >= 0.3 is 0 Å². The molecular formula is C16H16Cl2N4O. The molecule has 1 aliphatic rings. The molecule has 1 aromatic carbocycles. The smallest absolute Gasteiger partial charge is 0.258 e. The lowest BCUT2D eigenvalue weighted by atomic mass is 10.1. The number of halogens is 2. The minimum Gasteiger partial charge on any atom is -0.356 e. The fraction of sp³-hybridized carbons (Fsp3) is 0.312. The van der Waals surface area contributed by atoms with Crippen molar-refractivity contribution >= 4 is 40.7 Å². The van der Waals surface area contributed by atoms with Gasteiger partial charge in [-0.2, -0.15) is 0 Å². The molecule has 1 N–H and O–H groups in total. The molecule has 0 bridgehead atoms. The van der Waals surface area contributed by atoms with Crippen LogP contribution in [-0.2, 0) is 0 Å². The van der Waals surface area contributed by atoms with Crippen molar-refractivity contribution in [2.24, 2.45) is 0 Å². The molecule has 1 aliphatic heterocycles. The molecule has 0 aliphatic carbocycles. The lowest BCUT2D eigenvalue weighted by Gasteiger charge is -2.27. The van der Waals surface area contributed by atoms with Crippen LogP contribution in [0.3, 0.4) is 0 Å². The van der Waals surface area contributed by atoms with E-state index < -0.39 is 0 Å². The van der Waals surface area contributed by atoms with Crippen molar-refractivity contribution in [3.63, 3.8) is 0 Å². The van der Waals surface area contributed by atoms with Crippen LogP contribution in [0.25, 0.3) is 0 Å². The van der Waals surface area contributed by atoms with Gasteiger partial charge in [-0.25, -0.2) is 9.97 Å². The van der Waals surface area contributed by atoms with Gasteiger partial charge in [-0.15, -0.1) is 0 Å². The summed E-state index contributed by atoms with van der Waals surface area (Å²) in [7, 11) is 0. The number of amides is 1. The largest absolute Gasteiger partial charge is 0.356 e. The normalized spacial score (nSPS) is 14.6. The summed E-state index contributed by atoms with van der Waals surface area (Å²) in [5.74, 6) is 0.926. The summed E-state index contributed by atoms with van der Waals surface area (Å²) >= 11 is 12.0. The van der Waals surface area contributed by atoms with Gasteiger partial charge in [-0.3, -0.25) is 4.79 Å². The highest BCUT2D eigenvalue weighted by Crippen LogP contribution is 2.23. The highest BCUT2D eigenvalue weighted by molar-refractivity contribution is 6.36. The van der Waals surface area contributed by atoms with E-state index in [-0.39, 0.29) is 5.91 Å². The maximum Gasteiger partial charge on any atom is 0.258 e. The van der Waals surface area contributed by atoms with Crippen LogP contribution in [-0.4, -0.2) is 29.0 Å². The Bertz CT molecular complexity index is 717. The minimum atomic E-state index is -0.346. The molecule has 1 fully saturated rings. The van der Waals surface area contributed by atoms with Crippen LogP contribution in [0, 0.1) is 0 Å². The molecule has 120 valence electrons. The summed E-state index contributed by atoms with van der Waals surface area (Å²) in [4.78, 5) is 22.9. The number of carbonyl (C=O) groups excluding carboxylic acids is 1. The maximum absolute atomic E-state index is 12.3. The van der Waals surface area contributed by atoms with E-state index in [0.29, 0.717) is 21.4 Å². The Morgan fingerprint density at radius 2 is 1.87 bits per heavy atom. The first kappa shape index (κ1) is 16.0. The van der Waals surface area contributed by atoms with Crippen LogP contribution in [0.2, 0.25) is 10.0 Å². The third-order valence-corrected chi connectivity index (χ3v) is 4.31. The fourth-order valence-corrected chi connectivity index (χ4v) is 2.94. The fourth-order valence-electron chi connectivity index (χ4n) is 2.57. The summed E-state index contributed by atoms with van der Waals surface area (Å²) in [5.41, 5.74) is 0.317. The molecule has 1 amide bonds. The van der Waals surface area contributed by atoms with Crippen molar-refractivity contribution in [1.29, 1.82) is 0 Å². The Hall–Kier alpha value is -1.85. The number of piperidine rings is 1. The van der Waals surface area contributed by atoms with Crippen molar-refractivity contribution in [2.75, 3.05) is 23.3 Å². The van der Waals surface area contributed by atoms with E-state index in [2.05, 4.69) is 20.2 Å². The second-order valence-electron chi connectivity index (χ2n) is 5.39. The van der Waals surface area contributed by atoms with Crippen molar-refractivity contribution in [3.8, 4) is 0 Å². The van der Waals surface area contributed by atoms with Crippen molar-refractivity contribution in [3.05, 3.63) is 46.2 Å². The second kappa shape index (κ2) is 7.15. The van der Waals surface area contributed by atoms with Crippen molar-refractivity contribution < 1.29 is 4.79 Å². The molecule has 5 nitrogen and oxygen atoms in total. The van der Waals surface area contributed by atoms with Gasteiger partial charge in [0.25, 0.3) is 5.91 Å². The van der Waals surface area contributed by atoms with E-state index >= 15 is 0 Å². The van der Waals surface area contributed by atoms with Crippen LogP contribution in [0.1, 0.15) is 29.6 Å². The van der Waals surface area contributed by atoms with E-state index in [9.17, 15) is 4.79 Å². The average molecular weight is 351 g/mol. The lowest BCUT2D eigenvalue weighted by Crippen LogP contribution is -2.30. The van der Waals surface area contributed by atoms with Gasteiger partial charge in [0, 0.05) is 24.2 Å². The molecule has 2 heterocycles. The van der Waals surface area contributed by atoms with Crippen LogP contribution in [0.4, 0.5) is 11.6 Å². The van der Waals surface area contributed by atoms with E-state index in [0.717, 1.165) is 31.7 Å². The number of aromatic nitrogens is 2. The third-order valence-electron chi connectivity index (χ3n) is 3.75. The molecule has 1 saturated heterocycles. The summed E-state index contributed by atoms with van der Waals surface area (Å²) in [6, 6.07) is 6.55. The molecule has 0 spiro atoms. The molecule has 1 aromatic heterocycles. The Balaban J connectivity index is 1.77. The van der Waals surface area contributed by atoms with Gasteiger partial charge < -0.3 is 10.2 Å². The highest BCUT2D eigenvalue weighted by Gasteiger charge is 2.15. The van der Waals surface area contributed by atoms with Gasteiger partial charge in [-0.1, -0.05) is 23.2 Å². The molecule has 0 radical (unpaired) electrons. The standard InChI is InChI=1S/C16H16Cl2N4O/c17-11-4-5-13(18)12(8-11)16(23)21-14-9-15(20-10-19-14)22-6-2-1-3-7-22/h4-5,8-10H,1-3,6-7H2,(H,19,20,21,23). The summed E-state index contributed by atoms with van der Waals surface area (Å²) in [6.45, 7) is 1.95. The van der Waals surface area contributed by atoms with Crippen LogP contribution < -0.4 is 10.2 Å². The molecule has 0 unspecified atom stereocenters. The van der Waals surface area contributed by atoms with Crippen LogP contribution in [0.5, 0.6) is 0 Å². The SMILES string of the molecule is O=C(Nc1cc(N2CCCCC2)ncn1)c1cc(Cl)ccc1Cl. The number of anilines is 2. The molecule has 23 heavy (non-hydrogen) atoms. The first-order chi connectivity index (χ1) is 11.1. The zero-order valence-electron chi connectivity index (χ0n) is 12.4. The maximum atomic E-state index is 12.3. The Labute approximate surface area is 144 Å². The Morgan fingerprint density at radius 1 is 1.09 bits per heavy atom. The number of hydrogen-bond acceptors (Lipinski definition) is 4. The van der Waals surface area contributed by atoms with Gasteiger partial charge in [0.15, 0.2) is 0 Å². The molecule has 7 heteroatoms. The molecular weight excluding hydrogens is 335 g/mol. The van der Waals surface area contributed by atoms with Crippen LogP contribution in [0.15, 0.2) is 30.6 Å². The first-order valence-corrected chi connectivity index (χ1v) is 8.22. The second-order valence-corrected chi connectivity index (χ2v) is 6.23. The summed E-state index contributed by atoms with van der Waals surface area (Å²) < 4.78 is 0. The summed E-state index contributed by atoms with van der Waals surface area (Å²) in [6.07, 6.45) is 5.02. The lowest BCUT2D eigenvalue weighted by molar-refractivity contribution is 0.102. The predicted octanol–water partition coefficient (Wildman–Crippen LogP) is 4.03. The average Bonchev–Trinajstić information content (AvgIpc) is 2.58. The highest BCUT2D eigenvalue weighted by atomic mass is 35.5. The van der Waals surface area contributed by atoms with E-state index in [1.54, 1.807) is 18.2 Å². The summed E-state index contributed by atoms with van der Waals surface area (Å²) in [5, 5.41) is 3.55. The van der Waals surface area contributed by atoms with Gasteiger partial charge in [0.2, 0.25) is 0 Å². The van der Waals surface area contributed by atoms with E-state index in [4.69, 9.17) is 23.2 Å². The van der Waals surface area contributed by atoms with Gasteiger partial charge in [0.05, 0.1) is 10.6 Å². The van der Waals surface area contributed by atoms with Crippen molar-refractivity contribution in [2.45, 2.75) is 19.3 Å². The molecule has 0 saturated carbocycles. The Kier molecular flexibility index (Phi) is 4.98. The monoisotopic (exact) mass is 350 g/mol. The Morgan fingerprint density at radius 3 is 2.65 bits per heavy atom. The van der Waals surface area contributed by atoms with E-state index in [1.807, 2.05) is 0 Å². The molecule has 3 rings (SSSR count). The number of rotatable bonds is 3. The molecule has 2 aromatic rings. The van der Waals surface area contributed by atoms with Gasteiger partial charge in [-0.05, 0) is 37.5 Å². The molecule has 0 atom stereocenters. The number of carbonyl (C=O) groups is 1. The third kappa shape index (κ3) is 3.92. The van der Waals surface area contributed by atoms with E-state index in [1.165, 1.54) is 18.8 Å². The number of hydrogen-bond donors (Lipinski definition) is 1. The topological polar surface area (TPSA) is 58.1 Å². The predicted molar refractivity (Wildman–Crippen MR) is 92.5 cm³/mol.